The second-order valence-corrected chi connectivity index (χ2v) is 3.18. The van der Waals surface area contributed by atoms with Crippen LogP contribution in [0.15, 0.2) is 25.3 Å². The highest BCUT2D eigenvalue weighted by atomic mass is 32.2. The molecule has 0 aromatic heterocycles. The van der Waals surface area contributed by atoms with Gasteiger partial charge in [-0.1, -0.05) is 13.2 Å². The lowest BCUT2D eigenvalue weighted by Crippen LogP contribution is -1.82. The molecule has 10 heteroatoms. The zero-order chi connectivity index (χ0) is 15.7. The van der Waals surface area contributed by atoms with Crippen molar-refractivity contribution in [2.45, 2.75) is 12.4 Å². The number of aliphatic hydroxyl groups excluding tert-OH is 1. The molecule has 0 aromatic rings. The van der Waals surface area contributed by atoms with Crippen LogP contribution >= 0.6 is 12.6 Å². The highest BCUT2D eigenvalue weighted by molar-refractivity contribution is 7.80. The van der Waals surface area contributed by atoms with Crippen LogP contribution in [0, 0.1) is 0 Å². The van der Waals surface area contributed by atoms with Gasteiger partial charge in [-0.05, 0) is 6.92 Å². The Bertz CT molecular complexity index is 279. The topological polar surface area (TPSA) is 149 Å². The second-order valence-electron chi connectivity index (χ2n) is 1.95. The molecular weight excluding hydrogens is 288 g/mol. The van der Waals surface area contributed by atoms with Gasteiger partial charge >= 0.3 is 11.9 Å². The van der Waals surface area contributed by atoms with E-state index in [1.165, 1.54) is 0 Å². The van der Waals surface area contributed by atoms with Crippen molar-refractivity contribution < 1.29 is 37.9 Å². The standard InChI is InChI=1S/2C3H4O2.C2H6OS.H2O3S/c2*1-2-3(4)5;1-2(3)4;1-4(2)3/h2*2H,1H2,(H,4,5);2-4H,1H3;4H,(H,1,2,3). The monoisotopic (exact) mass is 304 g/mol. The van der Waals surface area contributed by atoms with Crippen molar-refractivity contribution in [1.82, 2.24) is 0 Å². The van der Waals surface area contributed by atoms with E-state index in [1.54, 1.807) is 6.92 Å². The maximum Gasteiger partial charge on any atom is 0.327 e. The Labute approximate surface area is 111 Å². The van der Waals surface area contributed by atoms with Crippen LogP contribution in [0.1, 0.15) is 6.92 Å². The van der Waals surface area contributed by atoms with Gasteiger partial charge in [0.1, 0.15) is 0 Å². The molecule has 0 spiro atoms. The number of aliphatic carboxylic acids is 2. The molecule has 1 unspecified atom stereocenters. The summed E-state index contributed by atoms with van der Waals surface area (Å²) in [5, 5.41) is 23.1. The Hall–Kier alpha value is -1.36. The Balaban J connectivity index is -0.0000000731. The summed E-state index contributed by atoms with van der Waals surface area (Å²) in [5.74, 6) is -1.96. The molecule has 0 radical (unpaired) electrons. The van der Waals surface area contributed by atoms with Gasteiger partial charge in [0.2, 0.25) is 0 Å². The molecule has 0 heterocycles. The number of carbonyl (C=O) groups is 2. The highest BCUT2D eigenvalue weighted by Gasteiger charge is 1.73. The summed E-state index contributed by atoms with van der Waals surface area (Å²) in [7, 11) is -3.12. The summed E-state index contributed by atoms with van der Waals surface area (Å²) in [4.78, 5) is 18.5. The fourth-order valence-corrected chi connectivity index (χ4v) is 0. The van der Waals surface area contributed by atoms with Crippen molar-refractivity contribution in [3.8, 4) is 0 Å². The van der Waals surface area contributed by atoms with Gasteiger partial charge in [-0.2, -0.15) is 0 Å². The van der Waals surface area contributed by atoms with Gasteiger partial charge in [-0.25, -0.2) is 18.0 Å². The summed E-state index contributed by atoms with van der Waals surface area (Å²) < 4.78 is 24.2. The molecule has 0 fully saturated rings. The number of aliphatic hydroxyl groups is 1. The average Bonchev–Trinajstić information content (AvgIpc) is 2.16. The van der Waals surface area contributed by atoms with Crippen LogP contribution in [0.3, 0.4) is 0 Å². The van der Waals surface area contributed by atoms with E-state index in [9.17, 15) is 9.59 Å². The zero-order valence-corrected chi connectivity index (χ0v) is 11.3. The van der Waals surface area contributed by atoms with Gasteiger partial charge < -0.3 is 15.3 Å². The molecular formula is C8H16O8S2. The minimum Gasteiger partial charge on any atom is -0.478 e. The SMILES string of the molecule is C=CC(=O)O.C=CC(=O)O.CC(O)S.O=[SH](=O)O. The van der Waals surface area contributed by atoms with Gasteiger partial charge in [0.25, 0.3) is 11.0 Å². The normalized spacial score (nSPS) is 8.94. The van der Waals surface area contributed by atoms with E-state index in [0.29, 0.717) is 0 Å². The van der Waals surface area contributed by atoms with Crippen LogP contribution in [0.5, 0.6) is 0 Å². The lowest BCUT2D eigenvalue weighted by molar-refractivity contribution is -0.132. The van der Waals surface area contributed by atoms with Gasteiger partial charge in [0, 0.05) is 12.2 Å². The van der Waals surface area contributed by atoms with Gasteiger partial charge in [0.15, 0.2) is 0 Å². The summed E-state index contributed by atoms with van der Waals surface area (Å²) in [6, 6.07) is 0. The maximum absolute atomic E-state index is 9.25. The molecule has 18 heavy (non-hydrogen) atoms. The van der Waals surface area contributed by atoms with Crippen molar-refractivity contribution in [3.63, 3.8) is 0 Å². The minimum absolute atomic E-state index is 0.472. The summed E-state index contributed by atoms with van der Waals surface area (Å²) >= 11 is 3.52. The molecule has 8 nitrogen and oxygen atoms in total. The zero-order valence-electron chi connectivity index (χ0n) is 9.46. The number of rotatable bonds is 2. The average molecular weight is 304 g/mol. The van der Waals surface area contributed by atoms with E-state index < -0.39 is 28.4 Å². The van der Waals surface area contributed by atoms with Crippen LogP contribution in [0.25, 0.3) is 0 Å². The van der Waals surface area contributed by atoms with E-state index in [4.69, 9.17) is 28.3 Å². The number of thiol groups is 2. The van der Waals surface area contributed by atoms with Crippen LogP contribution in [0.4, 0.5) is 0 Å². The maximum atomic E-state index is 9.25. The van der Waals surface area contributed by atoms with E-state index >= 15 is 0 Å². The Morgan fingerprint density at radius 2 is 1.22 bits per heavy atom. The first-order valence-corrected chi connectivity index (χ1v) is 5.55. The van der Waals surface area contributed by atoms with Crippen molar-refractivity contribution in [3.05, 3.63) is 25.3 Å². The molecule has 4 N–H and O–H groups in total. The van der Waals surface area contributed by atoms with Gasteiger partial charge in [0.05, 0.1) is 5.44 Å². The molecule has 0 bridgehead atoms. The van der Waals surface area contributed by atoms with Crippen LogP contribution in [-0.4, -0.2) is 45.7 Å². The molecule has 0 rings (SSSR count). The van der Waals surface area contributed by atoms with Crippen molar-refractivity contribution in [2.24, 2.45) is 0 Å². The van der Waals surface area contributed by atoms with E-state index in [-0.39, 0.29) is 0 Å². The quantitative estimate of drug-likeness (QED) is 0.178. The molecule has 108 valence electrons. The first kappa shape index (κ1) is 25.5. The highest BCUT2D eigenvalue weighted by Crippen LogP contribution is 1.78. The predicted octanol–water partition coefficient (Wildman–Crippen LogP) is -0.161. The molecule has 0 saturated carbocycles. The largest absolute Gasteiger partial charge is 0.478 e. The Morgan fingerprint density at radius 1 is 1.17 bits per heavy atom. The fraction of sp³-hybridized carbons (Fsp3) is 0.250. The van der Waals surface area contributed by atoms with Crippen molar-refractivity contribution in [2.75, 3.05) is 0 Å². The molecule has 0 aliphatic rings. The molecule has 0 aliphatic carbocycles. The molecule has 0 aliphatic heterocycles. The first-order chi connectivity index (χ1) is 8.00. The smallest absolute Gasteiger partial charge is 0.327 e. The van der Waals surface area contributed by atoms with E-state index in [1.807, 2.05) is 0 Å². The third-order valence-corrected chi connectivity index (χ3v) is 0.349. The van der Waals surface area contributed by atoms with Gasteiger partial charge in [-0.3, -0.25) is 4.55 Å². The summed E-state index contributed by atoms with van der Waals surface area (Å²) in [5.41, 5.74) is -0.472. The van der Waals surface area contributed by atoms with Crippen LogP contribution < -0.4 is 0 Å². The molecule has 0 amide bonds. The Morgan fingerprint density at radius 3 is 1.22 bits per heavy atom. The third kappa shape index (κ3) is 391. The molecule has 1 atom stereocenters. The Kier molecular flexibility index (Phi) is 29.7. The third-order valence-electron chi connectivity index (χ3n) is 0.349. The van der Waals surface area contributed by atoms with Crippen molar-refractivity contribution in [1.29, 1.82) is 0 Å². The second kappa shape index (κ2) is 21.0. The lowest BCUT2D eigenvalue weighted by Gasteiger charge is -1.79. The van der Waals surface area contributed by atoms with E-state index in [0.717, 1.165) is 12.2 Å². The number of hydrogen-bond acceptors (Lipinski definition) is 6. The summed E-state index contributed by atoms with van der Waals surface area (Å²) in [6.45, 7) is 7.51. The lowest BCUT2D eigenvalue weighted by atomic mass is 10.7. The van der Waals surface area contributed by atoms with Crippen LogP contribution in [0.2, 0.25) is 0 Å². The minimum atomic E-state index is -3.12. The van der Waals surface area contributed by atoms with Crippen LogP contribution in [-0.2, 0) is 20.6 Å². The number of carboxylic acids is 2. The summed E-state index contributed by atoms with van der Waals surface area (Å²) in [6.07, 6.45) is 1.67. The van der Waals surface area contributed by atoms with Crippen molar-refractivity contribution >= 4 is 35.6 Å². The van der Waals surface area contributed by atoms with E-state index in [2.05, 4.69) is 25.8 Å². The first-order valence-electron chi connectivity index (χ1n) is 3.91. The molecule has 0 saturated heterocycles. The fourth-order valence-electron chi connectivity index (χ4n) is 0. The number of hydrogen-bond donors (Lipinski definition) is 6. The van der Waals surface area contributed by atoms with Gasteiger partial charge in [-0.15, -0.1) is 12.6 Å². The number of carboxylic acid groups (broad SMARTS) is 2. The molecule has 0 aromatic carbocycles. The predicted molar refractivity (Wildman–Crippen MR) is 69.3 cm³/mol.